The van der Waals surface area contributed by atoms with Crippen molar-refractivity contribution in [2.24, 2.45) is 0 Å². The largest absolute Gasteiger partial charge is 0.444 e. The fourth-order valence-corrected chi connectivity index (χ4v) is 5.09. The first-order valence-corrected chi connectivity index (χ1v) is 13.1. The second-order valence-corrected chi connectivity index (χ2v) is 11.3. The van der Waals surface area contributed by atoms with Gasteiger partial charge < -0.3 is 15.4 Å². The number of halogens is 1. The fraction of sp³-hybridized carbons (Fsp3) is 0.240. The fourth-order valence-electron chi connectivity index (χ4n) is 3.52. The number of carbonyl (C=O) groups excluding carboxylic acids is 1. The highest BCUT2D eigenvalue weighted by Crippen LogP contribution is 2.28. The topological polar surface area (TPSA) is 115 Å². The molecule has 2 aromatic heterocycles. The molecular weight excluding hydrogens is 502 g/mol. The molecule has 0 fully saturated rings. The minimum Gasteiger partial charge on any atom is -0.444 e. The van der Waals surface area contributed by atoms with Crippen molar-refractivity contribution in [2.45, 2.75) is 38.7 Å². The van der Waals surface area contributed by atoms with Crippen molar-refractivity contribution in [3.8, 4) is 0 Å². The number of nitrogens with zero attached hydrogens (tertiary/aromatic N) is 3. The number of amides is 1. The minimum absolute atomic E-state index is 0.0948. The summed E-state index contributed by atoms with van der Waals surface area (Å²) in [7, 11) is -3.75. The van der Waals surface area contributed by atoms with Crippen molar-refractivity contribution in [3.63, 3.8) is 0 Å². The Labute approximate surface area is 214 Å². The zero-order valence-electron chi connectivity index (χ0n) is 20.0. The molecule has 4 rings (SSSR count). The molecule has 4 aromatic rings. The van der Waals surface area contributed by atoms with Gasteiger partial charge in [0.05, 0.1) is 11.1 Å². The predicted octanol–water partition coefficient (Wildman–Crippen LogP) is 5.23. The molecule has 0 unspecified atom stereocenters. The number of nitrogens with one attached hydrogen (secondary N) is 2. The molecule has 2 heterocycles. The van der Waals surface area contributed by atoms with E-state index in [2.05, 4.69) is 20.6 Å². The SMILES string of the molecule is CC(C)(C)OC(=O)NCc1cccc(Nc2nc(Cl)nc3c2ccn3S(=O)(=O)Cc2ccccc2)c1. The van der Waals surface area contributed by atoms with Crippen LogP contribution >= 0.6 is 11.6 Å². The molecule has 11 heteroatoms. The Morgan fingerprint density at radius 2 is 1.75 bits per heavy atom. The summed E-state index contributed by atoms with van der Waals surface area (Å²) in [6.07, 6.45) is 0.934. The molecule has 9 nitrogen and oxygen atoms in total. The van der Waals surface area contributed by atoms with E-state index in [1.54, 1.807) is 51.1 Å². The van der Waals surface area contributed by atoms with Crippen LogP contribution in [0.3, 0.4) is 0 Å². The number of ether oxygens (including phenoxy) is 1. The third kappa shape index (κ3) is 6.32. The summed E-state index contributed by atoms with van der Waals surface area (Å²) in [4.78, 5) is 20.4. The van der Waals surface area contributed by atoms with Crippen molar-refractivity contribution >= 4 is 50.3 Å². The Hall–Kier alpha value is -3.63. The van der Waals surface area contributed by atoms with Crippen molar-refractivity contribution in [3.05, 3.63) is 83.3 Å². The van der Waals surface area contributed by atoms with E-state index in [1.165, 1.54) is 6.20 Å². The lowest BCUT2D eigenvalue weighted by atomic mass is 10.2. The highest BCUT2D eigenvalue weighted by Gasteiger charge is 2.21. The normalized spacial score (nSPS) is 11.9. The summed E-state index contributed by atoms with van der Waals surface area (Å²) in [5, 5.41) is 6.30. The highest BCUT2D eigenvalue weighted by atomic mass is 35.5. The van der Waals surface area contributed by atoms with E-state index in [4.69, 9.17) is 16.3 Å². The van der Waals surface area contributed by atoms with Crippen LogP contribution in [-0.2, 0) is 27.1 Å². The smallest absolute Gasteiger partial charge is 0.407 e. The maximum absolute atomic E-state index is 13.1. The summed E-state index contributed by atoms with van der Waals surface area (Å²) in [5.74, 6) is 0.172. The molecule has 2 aromatic carbocycles. The van der Waals surface area contributed by atoms with Crippen LogP contribution in [-0.4, -0.2) is 34.1 Å². The molecule has 0 radical (unpaired) electrons. The van der Waals surface area contributed by atoms with E-state index in [0.717, 1.165) is 9.54 Å². The van der Waals surface area contributed by atoms with Crippen LogP contribution in [0.2, 0.25) is 5.28 Å². The summed E-state index contributed by atoms with van der Waals surface area (Å²) in [6, 6.07) is 17.9. The lowest BCUT2D eigenvalue weighted by Crippen LogP contribution is -2.32. The number of benzene rings is 2. The van der Waals surface area contributed by atoms with Crippen molar-refractivity contribution in [2.75, 3.05) is 5.32 Å². The van der Waals surface area contributed by atoms with Gasteiger partial charge in [0.25, 0.3) is 0 Å². The zero-order chi connectivity index (χ0) is 25.9. The van der Waals surface area contributed by atoms with E-state index in [-0.39, 0.29) is 23.2 Å². The maximum atomic E-state index is 13.1. The van der Waals surface area contributed by atoms with E-state index in [9.17, 15) is 13.2 Å². The van der Waals surface area contributed by atoms with Crippen LogP contribution in [0.4, 0.5) is 16.3 Å². The van der Waals surface area contributed by atoms with Gasteiger partial charge in [0.2, 0.25) is 15.3 Å². The molecule has 2 N–H and O–H groups in total. The first-order chi connectivity index (χ1) is 17.0. The molecule has 0 aliphatic rings. The molecule has 0 aliphatic carbocycles. The lowest BCUT2D eigenvalue weighted by Gasteiger charge is -2.19. The van der Waals surface area contributed by atoms with Crippen LogP contribution in [0.15, 0.2) is 66.9 Å². The van der Waals surface area contributed by atoms with Crippen LogP contribution in [0.25, 0.3) is 11.0 Å². The van der Waals surface area contributed by atoms with Crippen LogP contribution in [0.1, 0.15) is 31.9 Å². The monoisotopic (exact) mass is 527 g/mol. The van der Waals surface area contributed by atoms with Gasteiger partial charge in [-0.25, -0.2) is 17.2 Å². The number of hydrogen-bond acceptors (Lipinski definition) is 7. The van der Waals surface area contributed by atoms with Gasteiger partial charge in [0, 0.05) is 18.4 Å². The average molecular weight is 528 g/mol. The van der Waals surface area contributed by atoms with E-state index in [1.807, 2.05) is 30.3 Å². The van der Waals surface area contributed by atoms with Gasteiger partial charge in [-0.15, -0.1) is 0 Å². The molecule has 0 spiro atoms. The molecule has 0 saturated heterocycles. The number of aromatic nitrogens is 3. The number of carbonyl (C=O) groups is 1. The number of anilines is 2. The first-order valence-electron chi connectivity index (χ1n) is 11.1. The van der Waals surface area contributed by atoms with Crippen LogP contribution in [0.5, 0.6) is 0 Å². The van der Waals surface area contributed by atoms with Crippen molar-refractivity contribution in [1.82, 2.24) is 19.3 Å². The molecule has 0 bridgehead atoms. The lowest BCUT2D eigenvalue weighted by molar-refractivity contribution is 0.0523. The molecule has 188 valence electrons. The van der Waals surface area contributed by atoms with Crippen molar-refractivity contribution < 1.29 is 17.9 Å². The van der Waals surface area contributed by atoms with Gasteiger partial charge in [-0.2, -0.15) is 9.97 Å². The Kier molecular flexibility index (Phi) is 7.18. The highest BCUT2D eigenvalue weighted by molar-refractivity contribution is 7.89. The van der Waals surface area contributed by atoms with Gasteiger partial charge in [-0.05, 0) is 61.7 Å². The standard InChI is InChI=1S/C25H26ClN5O4S/c1-25(2,3)35-24(32)27-15-18-10-7-11-19(14-18)28-21-20-12-13-31(22(20)30-23(26)29-21)36(33,34)16-17-8-5-4-6-9-17/h4-14H,15-16H2,1-3H3,(H,27,32)(H,28,29,30). The number of fused-ring (bicyclic) bond motifs is 1. The molecule has 0 atom stereocenters. The van der Waals surface area contributed by atoms with Gasteiger partial charge in [-0.3, -0.25) is 0 Å². The Morgan fingerprint density at radius 3 is 2.47 bits per heavy atom. The number of rotatable bonds is 7. The summed E-state index contributed by atoms with van der Waals surface area (Å²) < 4.78 is 32.6. The van der Waals surface area contributed by atoms with Crippen LogP contribution in [0, 0.1) is 0 Å². The van der Waals surface area contributed by atoms with Gasteiger partial charge in [-0.1, -0.05) is 42.5 Å². The Balaban J connectivity index is 1.57. The first kappa shape index (κ1) is 25.5. The third-order valence-electron chi connectivity index (χ3n) is 5.00. The predicted molar refractivity (Wildman–Crippen MR) is 140 cm³/mol. The average Bonchev–Trinajstić information content (AvgIpc) is 3.22. The molecule has 0 saturated carbocycles. The number of hydrogen-bond donors (Lipinski definition) is 2. The second kappa shape index (κ2) is 10.2. The van der Waals surface area contributed by atoms with E-state index in [0.29, 0.717) is 22.5 Å². The van der Waals surface area contributed by atoms with Crippen molar-refractivity contribution in [1.29, 1.82) is 0 Å². The Morgan fingerprint density at radius 1 is 1.03 bits per heavy atom. The molecular formula is C25H26ClN5O4S. The summed E-state index contributed by atoms with van der Waals surface area (Å²) in [5.41, 5.74) is 1.75. The summed E-state index contributed by atoms with van der Waals surface area (Å²) >= 11 is 6.17. The van der Waals surface area contributed by atoms with Gasteiger partial charge in [0.15, 0.2) is 5.65 Å². The Bertz CT molecular complexity index is 1500. The quantitative estimate of drug-likeness (QED) is 0.316. The summed E-state index contributed by atoms with van der Waals surface area (Å²) in [6.45, 7) is 5.65. The molecule has 0 aliphatic heterocycles. The number of alkyl carbamates (subject to hydrolysis) is 1. The van der Waals surface area contributed by atoms with Gasteiger partial charge in [0.1, 0.15) is 11.4 Å². The minimum atomic E-state index is -3.75. The van der Waals surface area contributed by atoms with Crippen LogP contribution < -0.4 is 10.6 Å². The third-order valence-corrected chi connectivity index (χ3v) is 6.76. The maximum Gasteiger partial charge on any atom is 0.407 e. The van der Waals surface area contributed by atoms with Gasteiger partial charge >= 0.3 is 6.09 Å². The van der Waals surface area contributed by atoms with E-state index >= 15 is 0 Å². The van der Waals surface area contributed by atoms with E-state index < -0.39 is 21.7 Å². The zero-order valence-corrected chi connectivity index (χ0v) is 21.6. The molecule has 1 amide bonds. The molecule has 36 heavy (non-hydrogen) atoms. The second-order valence-electron chi connectivity index (χ2n) is 9.11.